The number of carbonyl (C=O) groups excluding carboxylic acids is 1. The van der Waals surface area contributed by atoms with Crippen molar-refractivity contribution in [2.24, 2.45) is 4.99 Å². The fraction of sp³-hybridized carbons (Fsp3) is 0.500. The maximum Gasteiger partial charge on any atom is 0.229 e. The van der Waals surface area contributed by atoms with Crippen LogP contribution in [0.1, 0.15) is 39.0 Å². The third kappa shape index (κ3) is 4.62. The average molecular weight is 342 g/mol. The molecule has 1 aromatic carbocycles. The van der Waals surface area contributed by atoms with Crippen molar-refractivity contribution < 1.29 is 4.79 Å². The lowest BCUT2D eigenvalue weighted by molar-refractivity contribution is -0.127. The number of unbranched alkanes of at least 4 members (excludes halogenated alkanes) is 3. The standard InChI is InChI=1S/C16H21Cl2N3O/c1-2-3-4-5-6-15(22)21-10-9-19-16(21)20-14-8-7-12(17)11-13(14)18/h7-8,11H,2-6,9-10H2,1H3,(H,19,20). The number of aliphatic imine (C=N–C) groups is 1. The molecule has 1 heterocycles. The number of rotatable bonds is 6. The van der Waals surface area contributed by atoms with E-state index in [9.17, 15) is 4.79 Å². The Bertz CT molecular complexity index is 560. The Morgan fingerprint density at radius 1 is 1.32 bits per heavy atom. The van der Waals surface area contributed by atoms with Gasteiger partial charge in [-0.3, -0.25) is 14.7 Å². The lowest BCUT2D eigenvalue weighted by Gasteiger charge is -2.20. The zero-order valence-corrected chi connectivity index (χ0v) is 14.3. The van der Waals surface area contributed by atoms with Gasteiger partial charge in [-0.1, -0.05) is 49.4 Å². The molecule has 4 nitrogen and oxygen atoms in total. The molecule has 1 amide bonds. The Kier molecular flexibility index (Phi) is 6.52. The van der Waals surface area contributed by atoms with Crippen molar-refractivity contribution in [2.75, 3.05) is 18.4 Å². The number of guanidine groups is 1. The molecule has 1 aliphatic rings. The molecule has 0 atom stereocenters. The minimum atomic E-state index is 0.116. The number of halogens is 2. The SMILES string of the molecule is CCCCCCC(=O)N1CCN=C1Nc1ccc(Cl)cc1Cl. The van der Waals surface area contributed by atoms with Gasteiger partial charge in [0.1, 0.15) is 0 Å². The summed E-state index contributed by atoms with van der Waals surface area (Å²) in [6.45, 7) is 3.40. The minimum absolute atomic E-state index is 0.116. The van der Waals surface area contributed by atoms with Crippen LogP contribution in [0, 0.1) is 0 Å². The van der Waals surface area contributed by atoms with Crippen LogP contribution in [0.2, 0.25) is 10.0 Å². The maximum atomic E-state index is 12.3. The summed E-state index contributed by atoms with van der Waals surface area (Å²) in [5, 5.41) is 4.22. The highest BCUT2D eigenvalue weighted by Crippen LogP contribution is 2.26. The monoisotopic (exact) mass is 341 g/mol. The van der Waals surface area contributed by atoms with E-state index in [2.05, 4.69) is 17.2 Å². The third-order valence-corrected chi connectivity index (χ3v) is 4.11. The van der Waals surface area contributed by atoms with Crippen molar-refractivity contribution in [1.29, 1.82) is 0 Å². The highest BCUT2D eigenvalue weighted by Gasteiger charge is 2.23. The number of nitrogens with one attached hydrogen (secondary N) is 1. The van der Waals surface area contributed by atoms with Crippen molar-refractivity contribution in [2.45, 2.75) is 39.0 Å². The molecule has 0 fully saturated rings. The summed E-state index contributed by atoms with van der Waals surface area (Å²) < 4.78 is 0. The van der Waals surface area contributed by atoms with Crippen LogP contribution < -0.4 is 5.32 Å². The molecule has 0 saturated heterocycles. The van der Waals surface area contributed by atoms with Gasteiger partial charge in [-0.05, 0) is 24.6 Å². The lowest BCUT2D eigenvalue weighted by Crippen LogP contribution is -2.38. The minimum Gasteiger partial charge on any atom is -0.325 e. The maximum absolute atomic E-state index is 12.3. The summed E-state index contributed by atoms with van der Waals surface area (Å²) in [6.07, 6.45) is 4.93. The van der Waals surface area contributed by atoms with Crippen LogP contribution in [0.4, 0.5) is 5.69 Å². The van der Waals surface area contributed by atoms with Crippen molar-refractivity contribution in [1.82, 2.24) is 4.90 Å². The van der Waals surface area contributed by atoms with Gasteiger partial charge in [0.25, 0.3) is 0 Å². The third-order valence-electron chi connectivity index (χ3n) is 3.56. The van der Waals surface area contributed by atoms with Gasteiger partial charge in [0.05, 0.1) is 17.3 Å². The number of benzene rings is 1. The molecule has 22 heavy (non-hydrogen) atoms. The van der Waals surface area contributed by atoms with Gasteiger partial charge in [-0.2, -0.15) is 0 Å². The van der Waals surface area contributed by atoms with Crippen LogP contribution in [-0.4, -0.2) is 29.9 Å². The normalized spacial score (nSPS) is 14.1. The van der Waals surface area contributed by atoms with E-state index >= 15 is 0 Å². The van der Waals surface area contributed by atoms with Crippen LogP contribution in [0.25, 0.3) is 0 Å². The summed E-state index contributed by atoms with van der Waals surface area (Å²) in [5.74, 6) is 0.689. The van der Waals surface area contributed by atoms with E-state index in [0.717, 1.165) is 12.8 Å². The number of amides is 1. The van der Waals surface area contributed by atoms with E-state index in [1.807, 2.05) is 0 Å². The number of nitrogens with zero attached hydrogens (tertiary/aromatic N) is 2. The van der Waals surface area contributed by atoms with Gasteiger partial charge >= 0.3 is 0 Å². The number of anilines is 1. The van der Waals surface area contributed by atoms with Gasteiger partial charge in [0.15, 0.2) is 0 Å². The topological polar surface area (TPSA) is 44.7 Å². The second kappa shape index (κ2) is 8.39. The highest BCUT2D eigenvalue weighted by molar-refractivity contribution is 6.36. The Hall–Kier alpha value is -1.26. The van der Waals surface area contributed by atoms with Crippen molar-refractivity contribution in [3.05, 3.63) is 28.2 Å². The summed E-state index contributed by atoms with van der Waals surface area (Å²) >= 11 is 12.0. The van der Waals surface area contributed by atoms with Gasteiger partial charge < -0.3 is 5.32 Å². The van der Waals surface area contributed by atoms with E-state index in [1.165, 1.54) is 12.8 Å². The first-order valence-electron chi connectivity index (χ1n) is 7.68. The Balaban J connectivity index is 1.94. The lowest BCUT2D eigenvalue weighted by atomic mass is 10.1. The largest absolute Gasteiger partial charge is 0.325 e. The van der Waals surface area contributed by atoms with Gasteiger partial charge in [-0.25, -0.2) is 0 Å². The highest BCUT2D eigenvalue weighted by atomic mass is 35.5. The molecule has 0 aromatic heterocycles. The zero-order valence-electron chi connectivity index (χ0n) is 12.7. The van der Waals surface area contributed by atoms with Crippen LogP contribution in [0.5, 0.6) is 0 Å². The summed E-state index contributed by atoms with van der Waals surface area (Å²) in [6, 6.07) is 5.20. The quantitative estimate of drug-likeness (QED) is 0.770. The smallest absolute Gasteiger partial charge is 0.229 e. The molecule has 1 aliphatic heterocycles. The summed E-state index contributed by atoms with van der Waals surface area (Å²) in [7, 11) is 0. The van der Waals surface area contributed by atoms with Gasteiger partial charge in [-0.15, -0.1) is 0 Å². The molecule has 0 unspecified atom stereocenters. The van der Waals surface area contributed by atoms with Gasteiger partial charge in [0.2, 0.25) is 11.9 Å². The predicted molar refractivity (Wildman–Crippen MR) is 92.9 cm³/mol. The van der Waals surface area contributed by atoms with Gasteiger partial charge in [0, 0.05) is 18.0 Å². The Morgan fingerprint density at radius 3 is 2.86 bits per heavy atom. The summed E-state index contributed by atoms with van der Waals surface area (Å²) in [5.41, 5.74) is 0.704. The molecule has 0 saturated carbocycles. The molecular formula is C16H21Cl2N3O. The molecule has 1 N–H and O–H groups in total. The molecule has 0 spiro atoms. The fourth-order valence-corrected chi connectivity index (χ4v) is 2.80. The van der Waals surface area contributed by atoms with Crippen molar-refractivity contribution in [3.8, 4) is 0 Å². The van der Waals surface area contributed by atoms with Crippen molar-refractivity contribution >= 4 is 40.8 Å². The van der Waals surface area contributed by atoms with E-state index < -0.39 is 0 Å². The second-order valence-electron chi connectivity index (χ2n) is 5.31. The average Bonchev–Trinajstić information content (AvgIpc) is 2.94. The molecule has 2 rings (SSSR count). The Morgan fingerprint density at radius 2 is 2.14 bits per heavy atom. The molecule has 0 aliphatic carbocycles. The first-order chi connectivity index (χ1) is 10.6. The van der Waals surface area contributed by atoms with E-state index in [4.69, 9.17) is 23.2 Å². The van der Waals surface area contributed by atoms with Crippen molar-refractivity contribution in [3.63, 3.8) is 0 Å². The fourth-order valence-electron chi connectivity index (χ4n) is 2.35. The first kappa shape index (κ1) is 17.1. The number of hydrogen-bond acceptors (Lipinski definition) is 3. The van der Waals surface area contributed by atoms with Crippen LogP contribution in [0.3, 0.4) is 0 Å². The van der Waals surface area contributed by atoms with E-state index in [1.54, 1.807) is 23.1 Å². The summed E-state index contributed by atoms with van der Waals surface area (Å²) in [4.78, 5) is 18.4. The Labute approximate surface area is 141 Å². The molecule has 1 aromatic rings. The molecule has 0 bridgehead atoms. The second-order valence-corrected chi connectivity index (χ2v) is 6.15. The number of hydrogen-bond donors (Lipinski definition) is 1. The van der Waals surface area contributed by atoms with Crippen LogP contribution >= 0.6 is 23.2 Å². The number of carbonyl (C=O) groups is 1. The molecule has 120 valence electrons. The van der Waals surface area contributed by atoms with Crippen LogP contribution in [0.15, 0.2) is 23.2 Å². The molecular weight excluding hydrogens is 321 g/mol. The zero-order chi connectivity index (χ0) is 15.9. The predicted octanol–water partition coefficient (Wildman–Crippen LogP) is 4.57. The molecule has 6 heteroatoms. The van der Waals surface area contributed by atoms with E-state index in [-0.39, 0.29) is 5.91 Å². The first-order valence-corrected chi connectivity index (χ1v) is 8.44. The molecule has 0 radical (unpaired) electrons. The van der Waals surface area contributed by atoms with E-state index in [0.29, 0.717) is 41.2 Å². The van der Waals surface area contributed by atoms with Crippen LogP contribution in [-0.2, 0) is 4.79 Å².